The number of aryl methyl sites for hydroxylation is 3. The first-order valence-corrected chi connectivity index (χ1v) is 12.3. The lowest BCUT2D eigenvalue weighted by Gasteiger charge is -2.30. The van der Waals surface area contributed by atoms with Crippen LogP contribution in [0.2, 0.25) is 0 Å². The van der Waals surface area contributed by atoms with Crippen molar-refractivity contribution in [3.05, 3.63) is 70.8 Å². The largest absolute Gasteiger partial charge is 0.356 e. The van der Waals surface area contributed by atoms with Gasteiger partial charge in [-0.3, -0.25) is 4.79 Å². The molecule has 0 radical (unpaired) electrons. The van der Waals surface area contributed by atoms with Crippen LogP contribution in [-0.4, -0.2) is 38.3 Å². The summed E-state index contributed by atoms with van der Waals surface area (Å²) in [6, 6.07) is 16.0. The third-order valence-corrected chi connectivity index (χ3v) is 7.67. The van der Waals surface area contributed by atoms with E-state index in [1.165, 1.54) is 11.1 Å². The fourth-order valence-electron chi connectivity index (χ4n) is 3.97. The Kier molecular flexibility index (Phi) is 7.67. The number of piperidine rings is 1. The zero-order chi connectivity index (χ0) is 21.6. The highest BCUT2D eigenvalue weighted by molar-refractivity contribution is 7.88. The highest BCUT2D eigenvalue weighted by atomic mass is 32.2. The van der Waals surface area contributed by atoms with Crippen LogP contribution in [0.3, 0.4) is 0 Å². The van der Waals surface area contributed by atoms with E-state index < -0.39 is 10.0 Å². The summed E-state index contributed by atoms with van der Waals surface area (Å²) < 4.78 is 27.1. The topological polar surface area (TPSA) is 66.5 Å². The number of nitrogens with one attached hydrogen (secondary N) is 1. The molecular formula is C24H32N2O3S. The monoisotopic (exact) mass is 428 g/mol. The summed E-state index contributed by atoms with van der Waals surface area (Å²) in [4.78, 5) is 12.5. The van der Waals surface area contributed by atoms with Crippen LogP contribution < -0.4 is 5.32 Å². The summed E-state index contributed by atoms with van der Waals surface area (Å²) in [5, 5.41) is 3.03. The summed E-state index contributed by atoms with van der Waals surface area (Å²) in [6.07, 6.45) is 3.00. The van der Waals surface area contributed by atoms with Crippen molar-refractivity contribution in [1.29, 1.82) is 0 Å². The Balaban J connectivity index is 1.42. The lowest BCUT2D eigenvalue weighted by Crippen LogP contribution is -2.43. The molecule has 1 aliphatic heterocycles. The molecule has 2 aromatic carbocycles. The first-order chi connectivity index (χ1) is 14.3. The van der Waals surface area contributed by atoms with Crippen LogP contribution in [0, 0.1) is 19.8 Å². The van der Waals surface area contributed by atoms with Gasteiger partial charge >= 0.3 is 0 Å². The Morgan fingerprint density at radius 1 is 1.07 bits per heavy atom. The van der Waals surface area contributed by atoms with Gasteiger partial charge in [-0.1, -0.05) is 54.1 Å². The minimum Gasteiger partial charge on any atom is -0.356 e. The number of carbonyl (C=O) groups is 1. The zero-order valence-corrected chi connectivity index (χ0v) is 18.7. The van der Waals surface area contributed by atoms with Crippen molar-refractivity contribution in [2.45, 2.75) is 45.3 Å². The molecule has 1 aliphatic rings. The first-order valence-electron chi connectivity index (χ1n) is 10.7. The van der Waals surface area contributed by atoms with Crippen LogP contribution in [0.1, 0.15) is 41.5 Å². The molecule has 0 atom stereocenters. The summed E-state index contributed by atoms with van der Waals surface area (Å²) in [6.45, 7) is 5.49. The Morgan fingerprint density at radius 3 is 2.50 bits per heavy atom. The maximum Gasteiger partial charge on any atom is 0.223 e. The van der Waals surface area contributed by atoms with E-state index in [-0.39, 0.29) is 17.6 Å². The third kappa shape index (κ3) is 6.16. The lowest BCUT2D eigenvalue weighted by molar-refractivity contribution is -0.126. The van der Waals surface area contributed by atoms with Gasteiger partial charge < -0.3 is 5.32 Å². The molecule has 0 aliphatic carbocycles. The highest BCUT2D eigenvalue weighted by Gasteiger charge is 2.31. The third-order valence-electron chi connectivity index (χ3n) is 5.84. The first kappa shape index (κ1) is 22.5. The number of carbonyl (C=O) groups excluding carboxylic acids is 1. The van der Waals surface area contributed by atoms with Crippen LogP contribution in [0.15, 0.2) is 48.5 Å². The van der Waals surface area contributed by atoms with Gasteiger partial charge in [-0.05, 0) is 56.2 Å². The summed E-state index contributed by atoms with van der Waals surface area (Å²) in [5.41, 5.74) is 4.36. The summed E-state index contributed by atoms with van der Waals surface area (Å²) in [7, 11) is -3.36. The van der Waals surface area contributed by atoms with Crippen LogP contribution in [-0.2, 0) is 27.0 Å². The van der Waals surface area contributed by atoms with Crippen LogP contribution >= 0.6 is 0 Å². The number of rotatable bonds is 8. The van der Waals surface area contributed by atoms with Gasteiger partial charge in [-0.25, -0.2) is 12.7 Å². The molecule has 1 saturated heterocycles. The number of nitrogens with zero attached hydrogens (tertiary/aromatic N) is 1. The van der Waals surface area contributed by atoms with Gasteiger partial charge in [0.1, 0.15) is 0 Å². The smallest absolute Gasteiger partial charge is 0.223 e. The summed E-state index contributed by atoms with van der Waals surface area (Å²) >= 11 is 0. The van der Waals surface area contributed by atoms with E-state index in [0.717, 1.165) is 24.0 Å². The van der Waals surface area contributed by atoms with E-state index >= 15 is 0 Å². The molecule has 5 nitrogen and oxygen atoms in total. The molecule has 3 rings (SSSR count). The molecule has 0 bridgehead atoms. The minimum absolute atomic E-state index is 0.0233. The molecule has 1 N–H and O–H groups in total. The van der Waals surface area contributed by atoms with Gasteiger partial charge in [-0.15, -0.1) is 0 Å². The van der Waals surface area contributed by atoms with E-state index in [1.807, 2.05) is 31.2 Å². The van der Waals surface area contributed by atoms with Crippen LogP contribution in [0.4, 0.5) is 0 Å². The predicted octanol–water partition coefficient (Wildman–Crippen LogP) is 3.59. The second kappa shape index (κ2) is 10.2. The molecule has 162 valence electrons. The van der Waals surface area contributed by atoms with E-state index in [4.69, 9.17) is 0 Å². The van der Waals surface area contributed by atoms with Crippen molar-refractivity contribution < 1.29 is 13.2 Å². The Morgan fingerprint density at radius 2 is 1.80 bits per heavy atom. The molecule has 0 aromatic heterocycles. The van der Waals surface area contributed by atoms with Gasteiger partial charge in [0.15, 0.2) is 0 Å². The number of hydrogen-bond donors (Lipinski definition) is 1. The van der Waals surface area contributed by atoms with Gasteiger partial charge in [0.05, 0.1) is 5.75 Å². The molecule has 2 aromatic rings. The fraction of sp³-hybridized carbons (Fsp3) is 0.458. The second-order valence-electron chi connectivity index (χ2n) is 8.24. The Hall–Kier alpha value is -2.18. The maximum absolute atomic E-state index is 12.8. The van der Waals surface area contributed by atoms with Gasteiger partial charge in [0.2, 0.25) is 15.9 Å². The van der Waals surface area contributed by atoms with Crippen LogP contribution in [0.25, 0.3) is 0 Å². The second-order valence-corrected chi connectivity index (χ2v) is 10.2. The average molecular weight is 429 g/mol. The van der Waals surface area contributed by atoms with E-state index in [1.54, 1.807) is 4.31 Å². The van der Waals surface area contributed by atoms with Crippen molar-refractivity contribution in [2.24, 2.45) is 5.92 Å². The van der Waals surface area contributed by atoms with Crippen molar-refractivity contribution in [3.63, 3.8) is 0 Å². The van der Waals surface area contributed by atoms with Crippen molar-refractivity contribution >= 4 is 15.9 Å². The van der Waals surface area contributed by atoms with E-state index in [9.17, 15) is 13.2 Å². The minimum atomic E-state index is -3.36. The van der Waals surface area contributed by atoms with Gasteiger partial charge in [0, 0.05) is 25.6 Å². The molecule has 1 heterocycles. The fourth-order valence-corrected chi connectivity index (χ4v) is 5.64. The van der Waals surface area contributed by atoms with Crippen molar-refractivity contribution in [2.75, 3.05) is 19.6 Å². The number of amides is 1. The maximum atomic E-state index is 12.8. The van der Waals surface area contributed by atoms with E-state index in [2.05, 4.69) is 36.5 Å². The molecule has 6 heteroatoms. The normalized spacial score (nSPS) is 15.8. The number of sulfonamides is 1. The SMILES string of the molecule is Cc1cccc(CCCNC(=O)C2CCN(S(=O)(=O)Cc3ccccc3C)CC2)c1. The number of hydrogen-bond acceptors (Lipinski definition) is 3. The molecule has 1 fully saturated rings. The summed E-state index contributed by atoms with van der Waals surface area (Å²) in [5.74, 6) is -0.0285. The Bertz CT molecular complexity index is 964. The lowest BCUT2D eigenvalue weighted by atomic mass is 9.97. The van der Waals surface area contributed by atoms with Crippen molar-refractivity contribution in [1.82, 2.24) is 9.62 Å². The molecule has 0 saturated carbocycles. The molecule has 30 heavy (non-hydrogen) atoms. The van der Waals surface area contributed by atoms with Gasteiger partial charge in [-0.2, -0.15) is 0 Å². The molecular weight excluding hydrogens is 396 g/mol. The average Bonchev–Trinajstić information content (AvgIpc) is 2.73. The van der Waals surface area contributed by atoms with E-state index in [0.29, 0.717) is 32.5 Å². The Labute approximate surface area is 180 Å². The van der Waals surface area contributed by atoms with Gasteiger partial charge in [0.25, 0.3) is 0 Å². The van der Waals surface area contributed by atoms with Crippen molar-refractivity contribution in [3.8, 4) is 0 Å². The predicted molar refractivity (Wildman–Crippen MR) is 121 cm³/mol. The number of benzene rings is 2. The molecule has 0 spiro atoms. The molecule has 1 amide bonds. The highest BCUT2D eigenvalue weighted by Crippen LogP contribution is 2.22. The quantitative estimate of drug-likeness (QED) is 0.654. The zero-order valence-electron chi connectivity index (χ0n) is 17.9. The van der Waals surface area contributed by atoms with Crippen LogP contribution in [0.5, 0.6) is 0 Å². The standard InChI is InChI=1S/C24H32N2O3S/c1-19-7-5-9-21(17-19)10-6-14-25-24(27)22-12-15-26(16-13-22)30(28,29)18-23-11-4-3-8-20(23)2/h3-5,7-9,11,17,22H,6,10,12-16,18H2,1-2H3,(H,25,27). The molecule has 0 unspecified atom stereocenters.